The molecule has 0 saturated heterocycles. The van der Waals surface area contributed by atoms with Crippen molar-refractivity contribution in [1.82, 2.24) is 0 Å². The Bertz CT molecular complexity index is 701. The van der Waals surface area contributed by atoms with Crippen LogP contribution in [0.2, 0.25) is 0 Å². The van der Waals surface area contributed by atoms with Gasteiger partial charge >= 0.3 is 0 Å². The van der Waals surface area contributed by atoms with E-state index in [1.807, 2.05) is 24.3 Å². The van der Waals surface area contributed by atoms with E-state index in [1.165, 1.54) is 11.1 Å². The van der Waals surface area contributed by atoms with Gasteiger partial charge in [0.05, 0.1) is 6.10 Å². The summed E-state index contributed by atoms with van der Waals surface area (Å²) in [4.78, 5) is 0. The molecule has 5 heteroatoms. The van der Waals surface area contributed by atoms with Crippen LogP contribution in [0.3, 0.4) is 0 Å². The van der Waals surface area contributed by atoms with Gasteiger partial charge in [0, 0.05) is 14.2 Å². The molecule has 1 aliphatic rings. The molecule has 1 N–H and O–H groups in total. The molecule has 1 saturated carbocycles. The van der Waals surface area contributed by atoms with Gasteiger partial charge in [-0.25, -0.2) is 0 Å². The summed E-state index contributed by atoms with van der Waals surface area (Å²) in [6, 6.07) is 16.2. The average molecular weight is 384 g/mol. The molecule has 0 aliphatic heterocycles. The smallest absolute Gasteiger partial charge is 0.188 e. The number of ether oxygens (including phenoxy) is 4. The predicted octanol–water partition coefficient (Wildman–Crippen LogP) is 4.39. The molecule has 0 bridgehead atoms. The molecule has 0 amide bonds. The maximum Gasteiger partial charge on any atom is 0.188 e. The highest BCUT2D eigenvalue weighted by atomic mass is 16.7. The minimum atomic E-state index is -0.195. The Kier molecular flexibility index (Phi) is 7.48. The molecule has 28 heavy (non-hydrogen) atoms. The van der Waals surface area contributed by atoms with Gasteiger partial charge in [-0.2, -0.15) is 0 Å². The Morgan fingerprint density at radius 3 is 1.61 bits per heavy atom. The third-order valence-corrected chi connectivity index (χ3v) is 4.89. The predicted molar refractivity (Wildman–Crippen MR) is 108 cm³/mol. The molecule has 0 heterocycles. The highest BCUT2D eigenvalue weighted by Crippen LogP contribution is 2.36. The number of aliphatic hydroxyl groups is 1. The van der Waals surface area contributed by atoms with Gasteiger partial charge in [-0.05, 0) is 66.6 Å². The van der Waals surface area contributed by atoms with Crippen molar-refractivity contribution < 1.29 is 24.1 Å². The third-order valence-electron chi connectivity index (χ3n) is 4.89. The number of aliphatic hydroxyl groups excluding tert-OH is 1. The van der Waals surface area contributed by atoms with Crippen LogP contribution in [-0.4, -0.2) is 39.0 Å². The molecule has 150 valence electrons. The lowest BCUT2D eigenvalue weighted by molar-refractivity contribution is 0.0509. The molecule has 5 nitrogen and oxygen atoms in total. The fourth-order valence-electron chi connectivity index (χ4n) is 3.47. The summed E-state index contributed by atoms with van der Waals surface area (Å²) in [5.74, 6) is 1.55. The minimum absolute atomic E-state index is 0.195. The van der Waals surface area contributed by atoms with Crippen molar-refractivity contribution >= 4 is 5.57 Å². The fourth-order valence-corrected chi connectivity index (χ4v) is 3.47. The topological polar surface area (TPSA) is 57.2 Å². The second-order valence-electron chi connectivity index (χ2n) is 6.86. The molecular weight excluding hydrogens is 356 g/mol. The highest BCUT2D eigenvalue weighted by Gasteiger charge is 2.19. The maximum absolute atomic E-state index is 9.91. The van der Waals surface area contributed by atoms with Crippen LogP contribution in [-0.2, 0) is 9.47 Å². The standard InChI is InChI=1S/C23H28O5/c1-25-15-27-21-11-5-18(6-12-21)23(17-3-9-20(24)10-4-17)19-7-13-22(14-8-19)28-16-26-2/h5-8,11-14,20,24H,3-4,9-10,15-16H2,1-2H3. The summed E-state index contributed by atoms with van der Waals surface area (Å²) in [5.41, 5.74) is 4.88. The molecule has 2 aromatic rings. The average Bonchev–Trinajstić information content (AvgIpc) is 2.74. The van der Waals surface area contributed by atoms with Crippen molar-refractivity contribution in [2.45, 2.75) is 31.8 Å². The minimum Gasteiger partial charge on any atom is -0.468 e. The zero-order valence-corrected chi connectivity index (χ0v) is 16.5. The van der Waals surface area contributed by atoms with Gasteiger partial charge in [-0.3, -0.25) is 0 Å². The molecule has 2 aromatic carbocycles. The first-order valence-corrected chi connectivity index (χ1v) is 9.55. The van der Waals surface area contributed by atoms with E-state index in [4.69, 9.17) is 18.9 Å². The van der Waals surface area contributed by atoms with Crippen molar-refractivity contribution in [3.05, 3.63) is 65.2 Å². The molecular formula is C23H28O5. The third kappa shape index (κ3) is 5.35. The van der Waals surface area contributed by atoms with Gasteiger partial charge in [0.15, 0.2) is 13.6 Å². The quantitative estimate of drug-likeness (QED) is 0.684. The summed E-state index contributed by atoms with van der Waals surface area (Å²) in [6.45, 7) is 0.461. The number of benzene rings is 2. The first kappa shape index (κ1) is 20.4. The van der Waals surface area contributed by atoms with Gasteiger partial charge < -0.3 is 24.1 Å². The van der Waals surface area contributed by atoms with Gasteiger partial charge in [0.25, 0.3) is 0 Å². The Morgan fingerprint density at radius 2 is 1.21 bits per heavy atom. The number of allylic oxidation sites excluding steroid dienone is 1. The van der Waals surface area contributed by atoms with Gasteiger partial charge in [0.2, 0.25) is 0 Å². The fraction of sp³-hybridized carbons (Fsp3) is 0.391. The molecule has 1 aliphatic carbocycles. The molecule has 0 radical (unpaired) electrons. The Balaban J connectivity index is 1.91. The monoisotopic (exact) mass is 384 g/mol. The first-order chi connectivity index (χ1) is 13.7. The molecule has 0 spiro atoms. The number of hydrogen-bond donors (Lipinski definition) is 1. The lowest BCUT2D eigenvalue weighted by atomic mass is 9.84. The number of hydrogen-bond acceptors (Lipinski definition) is 5. The van der Waals surface area contributed by atoms with Crippen LogP contribution in [0, 0.1) is 0 Å². The normalized spacial score (nSPS) is 16.7. The van der Waals surface area contributed by atoms with Crippen LogP contribution in [0.4, 0.5) is 0 Å². The van der Waals surface area contributed by atoms with E-state index in [1.54, 1.807) is 14.2 Å². The first-order valence-electron chi connectivity index (χ1n) is 9.55. The number of rotatable bonds is 8. The van der Waals surface area contributed by atoms with Gasteiger partial charge in [-0.1, -0.05) is 29.8 Å². The molecule has 0 aromatic heterocycles. The largest absolute Gasteiger partial charge is 0.468 e. The van der Waals surface area contributed by atoms with Crippen molar-refractivity contribution in [1.29, 1.82) is 0 Å². The summed E-state index contributed by atoms with van der Waals surface area (Å²) in [6.07, 6.45) is 3.23. The lowest BCUT2D eigenvalue weighted by Gasteiger charge is -2.24. The van der Waals surface area contributed by atoms with E-state index in [2.05, 4.69) is 24.3 Å². The van der Waals surface area contributed by atoms with Crippen LogP contribution in [0.25, 0.3) is 5.57 Å². The SMILES string of the molecule is COCOc1ccc(C(=C2CCC(O)CC2)c2ccc(OCOC)cc2)cc1. The van der Waals surface area contributed by atoms with E-state index < -0.39 is 0 Å². The molecule has 1 fully saturated rings. The van der Waals surface area contributed by atoms with Crippen LogP contribution in [0.1, 0.15) is 36.8 Å². The van der Waals surface area contributed by atoms with Crippen molar-refractivity contribution in [3.63, 3.8) is 0 Å². The summed E-state index contributed by atoms with van der Waals surface area (Å²) < 4.78 is 20.9. The van der Waals surface area contributed by atoms with E-state index in [0.29, 0.717) is 0 Å². The highest BCUT2D eigenvalue weighted by molar-refractivity contribution is 5.82. The van der Waals surface area contributed by atoms with Crippen LogP contribution >= 0.6 is 0 Å². The van der Waals surface area contributed by atoms with Gasteiger partial charge in [-0.15, -0.1) is 0 Å². The number of methoxy groups -OCH3 is 2. The van der Waals surface area contributed by atoms with Crippen LogP contribution in [0.15, 0.2) is 54.1 Å². The van der Waals surface area contributed by atoms with Gasteiger partial charge in [0.1, 0.15) is 11.5 Å². The summed E-state index contributed by atoms with van der Waals surface area (Å²) >= 11 is 0. The zero-order valence-electron chi connectivity index (χ0n) is 16.5. The second-order valence-corrected chi connectivity index (χ2v) is 6.86. The lowest BCUT2D eigenvalue weighted by Crippen LogP contribution is -2.13. The van der Waals surface area contributed by atoms with E-state index in [9.17, 15) is 5.11 Å². The molecule has 0 atom stereocenters. The Morgan fingerprint density at radius 1 is 0.786 bits per heavy atom. The van der Waals surface area contributed by atoms with Crippen molar-refractivity contribution in [3.8, 4) is 11.5 Å². The summed E-state index contributed by atoms with van der Waals surface area (Å²) in [7, 11) is 3.21. The Hall–Kier alpha value is -2.34. The molecule has 3 rings (SSSR count). The van der Waals surface area contributed by atoms with Crippen LogP contribution < -0.4 is 9.47 Å². The second kappa shape index (κ2) is 10.3. The Labute approximate surface area is 166 Å². The zero-order chi connectivity index (χ0) is 19.8. The van der Waals surface area contributed by atoms with E-state index in [-0.39, 0.29) is 19.7 Å². The molecule has 0 unspecified atom stereocenters. The van der Waals surface area contributed by atoms with Crippen LogP contribution in [0.5, 0.6) is 11.5 Å². The van der Waals surface area contributed by atoms with Crippen molar-refractivity contribution in [2.24, 2.45) is 0 Å². The van der Waals surface area contributed by atoms with E-state index in [0.717, 1.165) is 48.3 Å². The van der Waals surface area contributed by atoms with Crippen molar-refractivity contribution in [2.75, 3.05) is 27.8 Å². The maximum atomic E-state index is 9.91. The summed E-state index contributed by atoms with van der Waals surface area (Å²) in [5, 5.41) is 9.91. The van der Waals surface area contributed by atoms with E-state index >= 15 is 0 Å².